The van der Waals surface area contributed by atoms with E-state index in [9.17, 15) is 0 Å². The second-order valence-electron chi connectivity index (χ2n) is 4.03. The number of nitrogens with one attached hydrogen (secondary N) is 1. The molecule has 15 heavy (non-hydrogen) atoms. The molecule has 0 radical (unpaired) electrons. The third-order valence-electron chi connectivity index (χ3n) is 2.78. The number of hydrogen-bond donors (Lipinski definition) is 1. The van der Waals surface area contributed by atoms with Crippen molar-refractivity contribution >= 4 is 0 Å². The lowest BCUT2D eigenvalue weighted by molar-refractivity contribution is 0.437. The highest BCUT2D eigenvalue weighted by atomic mass is 16.3. The SMILES string of the molecule is CCCCC(CC)NCCc1ccco1. The van der Waals surface area contributed by atoms with E-state index in [1.165, 1.54) is 25.7 Å². The van der Waals surface area contributed by atoms with Crippen LogP contribution in [0.1, 0.15) is 45.3 Å². The van der Waals surface area contributed by atoms with Crippen molar-refractivity contribution in [3.05, 3.63) is 24.2 Å². The molecule has 0 saturated heterocycles. The summed E-state index contributed by atoms with van der Waals surface area (Å²) < 4.78 is 5.29. The quantitative estimate of drug-likeness (QED) is 0.710. The molecule has 86 valence electrons. The van der Waals surface area contributed by atoms with E-state index in [1.54, 1.807) is 6.26 Å². The van der Waals surface area contributed by atoms with Crippen LogP contribution >= 0.6 is 0 Å². The van der Waals surface area contributed by atoms with Gasteiger partial charge in [-0.15, -0.1) is 0 Å². The molecule has 0 aliphatic carbocycles. The summed E-state index contributed by atoms with van der Waals surface area (Å²) in [6.45, 7) is 5.52. The van der Waals surface area contributed by atoms with Crippen LogP contribution in [0, 0.1) is 0 Å². The summed E-state index contributed by atoms with van der Waals surface area (Å²) in [6, 6.07) is 4.66. The number of hydrogen-bond acceptors (Lipinski definition) is 2. The Hall–Kier alpha value is -0.760. The zero-order valence-corrected chi connectivity index (χ0v) is 9.96. The molecule has 0 amide bonds. The van der Waals surface area contributed by atoms with Crippen LogP contribution in [0.25, 0.3) is 0 Å². The summed E-state index contributed by atoms with van der Waals surface area (Å²) in [5, 5.41) is 3.58. The fraction of sp³-hybridized carbons (Fsp3) is 0.692. The third kappa shape index (κ3) is 5.03. The highest BCUT2D eigenvalue weighted by Crippen LogP contribution is 2.05. The maximum atomic E-state index is 5.29. The van der Waals surface area contributed by atoms with Crippen molar-refractivity contribution in [3.8, 4) is 0 Å². The monoisotopic (exact) mass is 209 g/mol. The van der Waals surface area contributed by atoms with Gasteiger partial charge in [-0.1, -0.05) is 26.7 Å². The average Bonchev–Trinajstić information content (AvgIpc) is 2.76. The van der Waals surface area contributed by atoms with Gasteiger partial charge in [0.05, 0.1) is 6.26 Å². The van der Waals surface area contributed by atoms with Gasteiger partial charge in [0.15, 0.2) is 0 Å². The Kier molecular flexibility index (Phi) is 6.17. The molecule has 0 saturated carbocycles. The Morgan fingerprint density at radius 1 is 1.40 bits per heavy atom. The van der Waals surface area contributed by atoms with Gasteiger partial charge < -0.3 is 9.73 Å². The summed E-state index contributed by atoms with van der Waals surface area (Å²) in [5.41, 5.74) is 0. The maximum Gasteiger partial charge on any atom is 0.105 e. The average molecular weight is 209 g/mol. The molecule has 1 unspecified atom stereocenters. The van der Waals surface area contributed by atoms with E-state index in [1.807, 2.05) is 12.1 Å². The van der Waals surface area contributed by atoms with E-state index in [0.717, 1.165) is 18.7 Å². The predicted octanol–water partition coefficient (Wildman–Crippen LogP) is 3.38. The van der Waals surface area contributed by atoms with Gasteiger partial charge in [-0.05, 0) is 25.0 Å². The van der Waals surface area contributed by atoms with E-state index >= 15 is 0 Å². The van der Waals surface area contributed by atoms with Gasteiger partial charge in [0.1, 0.15) is 5.76 Å². The molecule has 2 heteroatoms. The van der Waals surface area contributed by atoms with Gasteiger partial charge in [-0.3, -0.25) is 0 Å². The van der Waals surface area contributed by atoms with Crippen LogP contribution < -0.4 is 5.32 Å². The van der Waals surface area contributed by atoms with Crippen LogP contribution in [-0.4, -0.2) is 12.6 Å². The molecule has 0 aliphatic heterocycles. The van der Waals surface area contributed by atoms with Crippen molar-refractivity contribution in [2.24, 2.45) is 0 Å². The van der Waals surface area contributed by atoms with Crippen LogP contribution in [0.2, 0.25) is 0 Å². The van der Waals surface area contributed by atoms with Crippen LogP contribution in [0.4, 0.5) is 0 Å². The third-order valence-corrected chi connectivity index (χ3v) is 2.78. The lowest BCUT2D eigenvalue weighted by Crippen LogP contribution is -2.30. The molecule has 2 nitrogen and oxygen atoms in total. The zero-order valence-electron chi connectivity index (χ0n) is 9.96. The van der Waals surface area contributed by atoms with Gasteiger partial charge >= 0.3 is 0 Å². The lowest BCUT2D eigenvalue weighted by atomic mass is 10.1. The molecule has 0 spiro atoms. The second kappa shape index (κ2) is 7.52. The standard InChI is InChI=1S/C13H23NO/c1-3-5-7-12(4-2)14-10-9-13-8-6-11-15-13/h6,8,11-12,14H,3-5,7,9-10H2,1-2H3. The first kappa shape index (κ1) is 12.3. The van der Waals surface area contributed by atoms with Crippen molar-refractivity contribution < 1.29 is 4.42 Å². The predicted molar refractivity (Wildman–Crippen MR) is 64.0 cm³/mol. The summed E-state index contributed by atoms with van der Waals surface area (Å²) in [6.07, 6.45) is 7.87. The Balaban J connectivity index is 2.11. The van der Waals surface area contributed by atoms with Gasteiger partial charge in [-0.2, -0.15) is 0 Å². The smallest absolute Gasteiger partial charge is 0.105 e. The molecule has 1 rings (SSSR count). The zero-order chi connectivity index (χ0) is 10.9. The summed E-state index contributed by atoms with van der Waals surface area (Å²) in [7, 11) is 0. The van der Waals surface area contributed by atoms with Crippen molar-refractivity contribution in [2.75, 3.05) is 6.54 Å². The Labute approximate surface area is 93.1 Å². The Morgan fingerprint density at radius 2 is 2.27 bits per heavy atom. The van der Waals surface area contributed by atoms with Crippen molar-refractivity contribution in [3.63, 3.8) is 0 Å². The minimum atomic E-state index is 0.680. The van der Waals surface area contributed by atoms with Gasteiger partial charge in [0.25, 0.3) is 0 Å². The highest BCUT2D eigenvalue weighted by Gasteiger charge is 2.04. The van der Waals surface area contributed by atoms with E-state index in [0.29, 0.717) is 6.04 Å². The van der Waals surface area contributed by atoms with Crippen LogP contribution in [0.5, 0.6) is 0 Å². The largest absolute Gasteiger partial charge is 0.469 e. The molecule has 1 atom stereocenters. The van der Waals surface area contributed by atoms with E-state index in [4.69, 9.17) is 4.42 Å². The molecule has 1 aromatic rings. The first-order valence-corrected chi connectivity index (χ1v) is 6.12. The normalized spacial score (nSPS) is 12.9. The summed E-state index contributed by atoms with van der Waals surface area (Å²) in [5.74, 6) is 1.08. The van der Waals surface area contributed by atoms with E-state index in [2.05, 4.69) is 19.2 Å². The lowest BCUT2D eigenvalue weighted by Gasteiger charge is -2.15. The first-order valence-electron chi connectivity index (χ1n) is 6.12. The van der Waals surface area contributed by atoms with Crippen LogP contribution in [0.15, 0.2) is 22.8 Å². The van der Waals surface area contributed by atoms with Crippen molar-refractivity contribution in [1.82, 2.24) is 5.32 Å². The molecule has 0 fully saturated rings. The minimum absolute atomic E-state index is 0.680. The molecular weight excluding hydrogens is 186 g/mol. The van der Waals surface area contributed by atoms with Crippen LogP contribution in [0.3, 0.4) is 0 Å². The maximum absolute atomic E-state index is 5.29. The van der Waals surface area contributed by atoms with E-state index < -0.39 is 0 Å². The van der Waals surface area contributed by atoms with Gasteiger partial charge in [-0.25, -0.2) is 0 Å². The fourth-order valence-corrected chi connectivity index (χ4v) is 1.76. The second-order valence-corrected chi connectivity index (χ2v) is 4.03. The van der Waals surface area contributed by atoms with Crippen molar-refractivity contribution in [2.45, 2.75) is 52.0 Å². The molecular formula is C13H23NO. The minimum Gasteiger partial charge on any atom is -0.469 e. The highest BCUT2D eigenvalue weighted by molar-refractivity contribution is 4.98. The molecule has 1 heterocycles. The summed E-state index contributed by atoms with van der Waals surface area (Å²) >= 11 is 0. The van der Waals surface area contributed by atoms with E-state index in [-0.39, 0.29) is 0 Å². The first-order chi connectivity index (χ1) is 7.36. The molecule has 1 aromatic heterocycles. The fourth-order valence-electron chi connectivity index (χ4n) is 1.76. The molecule has 0 aliphatic rings. The van der Waals surface area contributed by atoms with Crippen LogP contribution in [-0.2, 0) is 6.42 Å². The summed E-state index contributed by atoms with van der Waals surface area (Å²) in [4.78, 5) is 0. The van der Waals surface area contributed by atoms with Gasteiger partial charge in [0, 0.05) is 19.0 Å². The van der Waals surface area contributed by atoms with Crippen molar-refractivity contribution in [1.29, 1.82) is 0 Å². The number of rotatable bonds is 8. The topological polar surface area (TPSA) is 25.2 Å². The van der Waals surface area contributed by atoms with Gasteiger partial charge in [0.2, 0.25) is 0 Å². The molecule has 0 aromatic carbocycles. The Bertz CT molecular complexity index is 231. The number of furan rings is 1. The molecule has 1 N–H and O–H groups in total. The Morgan fingerprint density at radius 3 is 2.87 bits per heavy atom. The molecule has 0 bridgehead atoms. The number of unbranched alkanes of at least 4 members (excludes halogenated alkanes) is 1.